The number of hydrogen-bond donors (Lipinski definition) is 1. The maximum absolute atomic E-state index is 13.2. The zero-order valence-corrected chi connectivity index (χ0v) is 17.4. The van der Waals surface area contributed by atoms with Crippen molar-refractivity contribution in [1.82, 2.24) is 15.1 Å². The third-order valence-electron chi connectivity index (χ3n) is 6.20. The van der Waals surface area contributed by atoms with Gasteiger partial charge in [-0.05, 0) is 55.4 Å². The second-order valence-corrected chi connectivity index (χ2v) is 8.69. The van der Waals surface area contributed by atoms with Gasteiger partial charge < -0.3 is 10.1 Å². The van der Waals surface area contributed by atoms with E-state index >= 15 is 0 Å². The average Bonchev–Trinajstić information content (AvgIpc) is 3.62. The Kier molecular flexibility index (Phi) is 5.19. The smallest absolute Gasteiger partial charge is 0.266 e. The predicted octanol–water partition coefficient (Wildman–Crippen LogP) is 3.00. The highest BCUT2D eigenvalue weighted by molar-refractivity contribution is 5.91. The van der Waals surface area contributed by atoms with Crippen LogP contribution in [0.25, 0.3) is 0 Å². The van der Waals surface area contributed by atoms with Gasteiger partial charge in [-0.25, -0.2) is 4.68 Å². The Hall–Kier alpha value is -2.63. The fourth-order valence-electron chi connectivity index (χ4n) is 3.79. The molecule has 29 heavy (non-hydrogen) atoms. The minimum atomic E-state index is -0.465. The lowest BCUT2D eigenvalue weighted by Gasteiger charge is -2.26. The van der Waals surface area contributed by atoms with Gasteiger partial charge in [0.2, 0.25) is 5.91 Å². The summed E-state index contributed by atoms with van der Waals surface area (Å²) in [5, 5.41) is 7.77. The molecule has 0 radical (unpaired) electrons. The number of benzene rings is 1. The lowest BCUT2D eigenvalue weighted by molar-refractivity contribution is -0.124. The maximum Gasteiger partial charge on any atom is 0.266 e. The molecule has 2 aromatic rings. The number of nitrogens with one attached hydrogen (secondary N) is 1. The Morgan fingerprint density at radius 2 is 1.90 bits per heavy atom. The van der Waals surface area contributed by atoms with Gasteiger partial charge in [0.05, 0.1) is 30.8 Å². The lowest BCUT2D eigenvalue weighted by Crippen LogP contribution is -2.47. The minimum absolute atomic E-state index is 0.0350. The van der Waals surface area contributed by atoms with Gasteiger partial charge in [0, 0.05) is 12.0 Å². The van der Waals surface area contributed by atoms with Crippen LogP contribution in [0.1, 0.15) is 56.7 Å². The number of nitrogens with zero attached hydrogens (tertiary/aromatic N) is 2. The molecule has 1 aromatic heterocycles. The first-order chi connectivity index (χ1) is 13.9. The number of amides is 1. The van der Waals surface area contributed by atoms with Gasteiger partial charge in [-0.1, -0.05) is 26.0 Å². The average molecular weight is 396 g/mol. The summed E-state index contributed by atoms with van der Waals surface area (Å²) in [5.41, 5.74) is 1.42. The van der Waals surface area contributed by atoms with Crippen molar-refractivity contribution in [3.05, 3.63) is 58.0 Å². The molecule has 1 N–H and O–H groups in total. The van der Waals surface area contributed by atoms with Crippen molar-refractivity contribution in [2.45, 2.75) is 63.5 Å². The first-order valence-corrected chi connectivity index (χ1v) is 10.5. The summed E-state index contributed by atoms with van der Waals surface area (Å²) in [6.45, 7) is 4.52. The summed E-state index contributed by atoms with van der Waals surface area (Å²) >= 11 is 0. The van der Waals surface area contributed by atoms with E-state index in [9.17, 15) is 9.59 Å². The molecule has 154 valence electrons. The number of ether oxygens (including phenoxy) is 1. The Bertz CT molecular complexity index is 941. The minimum Gasteiger partial charge on any atom is -0.497 e. The number of rotatable bonds is 8. The van der Waals surface area contributed by atoms with E-state index in [0.717, 1.165) is 42.7 Å². The lowest BCUT2D eigenvalue weighted by atomic mass is 9.93. The summed E-state index contributed by atoms with van der Waals surface area (Å²) in [5.74, 6) is 1.49. The molecule has 1 atom stereocenters. The Balaban J connectivity index is 1.50. The largest absolute Gasteiger partial charge is 0.497 e. The summed E-state index contributed by atoms with van der Waals surface area (Å²) in [6, 6.07) is 11.0. The monoisotopic (exact) mass is 395 g/mol. The normalized spacial score (nSPS) is 18.3. The van der Waals surface area contributed by atoms with E-state index in [1.54, 1.807) is 13.2 Å². The maximum atomic E-state index is 13.2. The van der Waals surface area contributed by atoms with E-state index < -0.39 is 5.41 Å². The molecule has 6 nitrogen and oxygen atoms in total. The third-order valence-corrected chi connectivity index (χ3v) is 6.20. The van der Waals surface area contributed by atoms with Gasteiger partial charge in [0.1, 0.15) is 5.75 Å². The molecule has 2 saturated carbocycles. The SMILES string of the molecule is COc1ccc(C2(C(=O)N[C@H](Cn3nc(C4CC4)ccc3=O)C(C)C)CC2)cc1. The van der Waals surface area contributed by atoms with Crippen molar-refractivity contribution in [1.29, 1.82) is 0 Å². The van der Waals surface area contributed by atoms with Crippen LogP contribution in [-0.4, -0.2) is 28.8 Å². The molecule has 0 unspecified atom stereocenters. The molecule has 0 bridgehead atoms. The number of carbonyl (C=O) groups excluding carboxylic acids is 1. The van der Waals surface area contributed by atoms with Gasteiger partial charge in [-0.2, -0.15) is 5.10 Å². The summed E-state index contributed by atoms with van der Waals surface area (Å²) in [7, 11) is 1.63. The van der Waals surface area contributed by atoms with E-state index in [1.807, 2.05) is 30.3 Å². The fourth-order valence-corrected chi connectivity index (χ4v) is 3.79. The van der Waals surface area contributed by atoms with E-state index in [4.69, 9.17) is 4.74 Å². The molecule has 0 spiro atoms. The molecule has 1 aromatic carbocycles. The predicted molar refractivity (Wildman–Crippen MR) is 111 cm³/mol. The molecule has 2 fully saturated rings. The van der Waals surface area contributed by atoms with Crippen LogP contribution in [0.3, 0.4) is 0 Å². The summed E-state index contributed by atoms with van der Waals surface area (Å²) < 4.78 is 6.75. The van der Waals surface area contributed by atoms with Gasteiger partial charge in [0.15, 0.2) is 0 Å². The number of carbonyl (C=O) groups is 1. The topological polar surface area (TPSA) is 73.2 Å². The van der Waals surface area contributed by atoms with E-state index in [-0.39, 0.29) is 23.4 Å². The number of aromatic nitrogens is 2. The molecule has 1 heterocycles. The Labute approximate surface area is 171 Å². The van der Waals surface area contributed by atoms with Crippen molar-refractivity contribution >= 4 is 5.91 Å². The second-order valence-electron chi connectivity index (χ2n) is 8.69. The molecule has 4 rings (SSSR count). The van der Waals surface area contributed by atoms with Crippen molar-refractivity contribution < 1.29 is 9.53 Å². The molecule has 0 aliphatic heterocycles. The van der Waals surface area contributed by atoms with Gasteiger partial charge in [-0.3, -0.25) is 9.59 Å². The summed E-state index contributed by atoms with van der Waals surface area (Å²) in [6.07, 6.45) is 3.95. The van der Waals surface area contributed by atoms with Gasteiger partial charge in [-0.15, -0.1) is 0 Å². The highest BCUT2D eigenvalue weighted by atomic mass is 16.5. The zero-order valence-electron chi connectivity index (χ0n) is 17.4. The molecule has 2 aliphatic carbocycles. The fraction of sp³-hybridized carbons (Fsp3) is 0.522. The third kappa shape index (κ3) is 4.07. The first kappa shape index (κ1) is 19.7. The van der Waals surface area contributed by atoms with E-state index in [1.165, 1.54) is 4.68 Å². The standard InChI is InChI=1S/C23H29N3O3/c1-15(2)20(14-26-21(27)11-10-19(25-26)16-4-5-16)24-22(28)23(12-13-23)17-6-8-18(29-3)9-7-17/h6-11,15-16,20H,4-5,12-14H2,1-3H3,(H,24,28)/t20-/m1/s1. The highest BCUT2D eigenvalue weighted by Crippen LogP contribution is 2.48. The second kappa shape index (κ2) is 7.65. The molecular weight excluding hydrogens is 366 g/mol. The first-order valence-electron chi connectivity index (χ1n) is 10.5. The zero-order chi connectivity index (χ0) is 20.6. The van der Waals surface area contributed by atoms with Crippen molar-refractivity contribution in [3.8, 4) is 5.75 Å². The van der Waals surface area contributed by atoms with Crippen LogP contribution in [0.2, 0.25) is 0 Å². The molecule has 6 heteroatoms. The van der Waals surface area contributed by atoms with Crippen molar-refractivity contribution in [2.24, 2.45) is 5.92 Å². The quantitative estimate of drug-likeness (QED) is 0.746. The highest BCUT2D eigenvalue weighted by Gasteiger charge is 2.51. The Morgan fingerprint density at radius 1 is 1.21 bits per heavy atom. The molecular formula is C23H29N3O3. The van der Waals surface area contributed by atoms with E-state index in [0.29, 0.717) is 12.5 Å². The van der Waals surface area contributed by atoms with Crippen molar-refractivity contribution in [2.75, 3.05) is 7.11 Å². The van der Waals surface area contributed by atoms with Crippen LogP contribution in [0.15, 0.2) is 41.2 Å². The van der Waals surface area contributed by atoms with Crippen LogP contribution in [-0.2, 0) is 16.8 Å². The number of hydrogen-bond acceptors (Lipinski definition) is 4. The molecule has 1 amide bonds. The molecule has 0 saturated heterocycles. The summed E-state index contributed by atoms with van der Waals surface area (Å²) in [4.78, 5) is 25.5. The number of methoxy groups -OCH3 is 1. The van der Waals surface area contributed by atoms with Gasteiger partial charge in [0.25, 0.3) is 5.56 Å². The van der Waals surface area contributed by atoms with Crippen LogP contribution in [0.5, 0.6) is 5.75 Å². The molecule has 2 aliphatic rings. The van der Waals surface area contributed by atoms with Crippen LogP contribution in [0.4, 0.5) is 0 Å². The van der Waals surface area contributed by atoms with Crippen molar-refractivity contribution in [3.63, 3.8) is 0 Å². The van der Waals surface area contributed by atoms with Gasteiger partial charge >= 0.3 is 0 Å². The van der Waals surface area contributed by atoms with E-state index in [2.05, 4.69) is 24.3 Å². The van der Waals surface area contributed by atoms with Crippen LogP contribution >= 0.6 is 0 Å². The van der Waals surface area contributed by atoms with Crippen LogP contribution < -0.4 is 15.6 Å². The van der Waals surface area contributed by atoms with Crippen LogP contribution in [0, 0.1) is 5.92 Å². The Morgan fingerprint density at radius 3 is 2.45 bits per heavy atom.